The van der Waals surface area contributed by atoms with Gasteiger partial charge in [-0.2, -0.15) is 0 Å². The van der Waals surface area contributed by atoms with Crippen molar-refractivity contribution in [2.24, 2.45) is 0 Å². The third kappa shape index (κ3) is 3.15. The summed E-state index contributed by atoms with van der Waals surface area (Å²) in [5.74, 6) is -0.433. The summed E-state index contributed by atoms with van der Waals surface area (Å²) in [5, 5.41) is 1.94. The quantitative estimate of drug-likeness (QED) is 0.628. The lowest BCUT2D eigenvalue weighted by Gasteiger charge is -2.31. The fourth-order valence-corrected chi connectivity index (χ4v) is 4.76. The van der Waals surface area contributed by atoms with Gasteiger partial charge in [-0.05, 0) is 46.7 Å². The molecular weight excluding hydrogens is 382 g/mol. The van der Waals surface area contributed by atoms with Crippen LogP contribution in [0.2, 0.25) is 0 Å². The number of carbonyl (C=O) groups is 2. The highest BCUT2D eigenvalue weighted by atomic mass is 32.1. The van der Waals surface area contributed by atoms with Gasteiger partial charge in [0.25, 0.3) is 11.8 Å². The number of rotatable bonds is 4. The van der Waals surface area contributed by atoms with E-state index in [2.05, 4.69) is 22.0 Å². The first-order valence-corrected chi connectivity index (χ1v) is 10.5. The first-order chi connectivity index (χ1) is 14.2. The molecule has 4 heterocycles. The lowest BCUT2D eigenvalue weighted by atomic mass is 9.99. The summed E-state index contributed by atoms with van der Waals surface area (Å²) in [6, 6.07) is 15.8. The molecular formula is C23H19N3O2S. The molecule has 0 saturated heterocycles. The topological polar surface area (TPSA) is 53.5 Å². The van der Waals surface area contributed by atoms with E-state index in [9.17, 15) is 9.59 Å². The number of aromatic nitrogens is 1. The Morgan fingerprint density at radius 3 is 2.48 bits per heavy atom. The highest BCUT2D eigenvalue weighted by molar-refractivity contribution is 7.11. The predicted molar refractivity (Wildman–Crippen MR) is 112 cm³/mol. The fraction of sp³-hybridized carbons (Fsp3) is 0.174. The van der Waals surface area contributed by atoms with Gasteiger partial charge in [-0.25, -0.2) is 0 Å². The molecule has 0 unspecified atom stereocenters. The van der Waals surface area contributed by atoms with Gasteiger partial charge in [0.15, 0.2) is 0 Å². The van der Waals surface area contributed by atoms with Crippen molar-refractivity contribution in [3.05, 3.63) is 93.6 Å². The van der Waals surface area contributed by atoms with Gasteiger partial charge in [0.05, 0.1) is 12.1 Å². The predicted octanol–water partition coefficient (Wildman–Crippen LogP) is 3.48. The number of carbonyl (C=O) groups excluding carboxylic acids is 2. The Labute approximate surface area is 172 Å². The minimum Gasteiger partial charge on any atom is -0.362 e. The highest BCUT2D eigenvalue weighted by Crippen LogP contribution is 2.36. The zero-order valence-corrected chi connectivity index (χ0v) is 16.6. The zero-order valence-electron chi connectivity index (χ0n) is 15.7. The molecule has 2 aromatic heterocycles. The minimum absolute atomic E-state index is 0.213. The van der Waals surface area contributed by atoms with Crippen molar-refractivity contribution in [1.82, 2.24) is 14.8 Å². The molecule has 0 atom stereocenters. The average Bonchev–Trinajstić information content (AvgIpc) is 3.37. The molecule has 0 fully saturated rings. The Kier molecular flexibility index (Phi) is 4.48. The maximum atomic E-state index is 13.4. The number of amides is 2. The summed E-state index contributed by atoms with van der Waals surface area (Å²) in [6.45, 7) is 1.62. The molecule has 5 rings (SSSR count). The number of hydrogen-bond acceptors (Lipinski definition) is 5. The first kappa shape index (κ1) is 17.8. The van der Waals surface area contributed by atoms with Crippen LogP contribution in [0.3, 0.4) is 0 Å². The lowest BCUT2D eigenvalue weighted by molar-refractivity contribution is -0.138. The van der Waals surface area contributed by atoms with Crippen molar-refractivity contribution in [2.45, 2.75) is 19.5 Å². The molecule has 6 heteroatoms. The van der Waals surface area contributed by atoms with Crippen LogP contribution in [-0.4, -0.2) is 33.1 Å². The van der Waals surface area contributed by atoms with Crippen molar-refractivity contribution in [2.75, 3.05) is 6.54 Å². The Morgan fingerprint density at radius 2 is 1.72 bits per heavy atom. The van der Waals surface area contributed by atoms with Crippen molar-refractivity contribution in [3.8, 4) is 0 Å². The zero-order chi connectivity index (χ0) is 19.8. The van der Waals surface area contributed by atoms with Crippen LogP contribution in [0.25, 0.3) is 5.57 Å². The van der Waals surface area contributed by atoms with Crippen LogP contribution < -0.4 is 0 Å². The first-order valence-electron chi connectivity index (χ1n) is 9.57. The maximum absolute atomic E-state index is 13.4. The van der Waals surface area contributed by atoms with E-state index in [-0.39, 0.29) is 18.4 Å². The number of fused-ring (bicyclic) bond motifs is 1. The number of benzene rings is 1. The van der Waals surface area contributed by atoms with Crippen LogP contribution >= 0.6 is 11.3 Å². The van der Waals surface area contributed by atoms with Gasteiger partial charge in [0, 0.05) is 30.4 Å². The van der Waals surface area contributed by atoms with Gasteiger partial charge in [-0.1, -0.05) is 30.3 Å². The largest absolute Gasteiger partial charge is 0.362 e. The van der Waals surface area contributed by atoms with Gasteiger partial charge in [-0.3, -0.25) is 19.5 Å². The van der Waals surface area contributed by atoms with E-state index in [1.54, 1.807) is 12.4 Å². The molecule has 0 N–H and O–H groups in total. The van der Waals surface area contributed by atoms with E-state index < -0.39 is 0 Å². The minimum atomic E-state index is -0.219. The molecule has 0 spiro atoms. The maximum Gasteiger partial charge on any atom is 0.278 e. The Bertz CT molecular complexity index is 1110. The summed E-state index contributed by atoms with van der Waals surface area (Å²) < 4.78 is 0. The van der Waals surface area contributed by atoms with Gasteiger partial charge in [-0.15, -0.1) is 11.3 Å². The van der Waals surface area contributed by atoms with Crippen LogP contribution in [0.1, 0.15) is 21.6 Å². The van der Waals surface area contributed by atoms with E-state index in [1.165, 1.54) is 27.4 Å². The van der Waals surface area contributed by atoms with Crippen molar-refractivity contribution >= 4 is 28.7 Å². The fourth-order valence-electron chi connectivity index (χ4n) is 4.00. The summed E-state index contributed by atoms with van der Waals surface area (Å²) in [7, 11) is 0. The van der Waals surface area contributed by atoms with Crippen LogP contribution in [0.4, 0.5) is 0 Å². The van der Waals surface area contributed by atoms with Crippen LogP contribution in [0.5, 0.6) is 0 Å². The molecule has 2 aliphatic rings. The number of pyridine rings is 1. The average molecular weight is 401 g/mol. The Hall–Kier alpha value is -3.25. The summed E-state index contributed by atoms with van der Waals surface area (Å²) in [6.07, 6.45) is 4.22. The van der Waals surface area contributed by atoms with Gasteiger partial charge in [0.2, 0.25) is 0 Å². The SMILES string of the molecule is O=C1C(c2cccs2)=C(N2CCc3ccccc3C2)C(=O)N1Cc1ccncc1. The smallest absolute Gasteiger partial charge is 0.278 e. The van der Waals surface area contributed by atoms with Gasteiger partial charge in [0.1, 0.15) is 5.70 Å². The monoisotopic (exact) mass is 401 g/mol. The number of hydrogen-bond donors (Lipinski definition) is 0. The molecule has 144 valence electrons. The van der Waals surface area contributed by atoms with E-state index in [0.717, 1.165) is 23.4 Å². The molecule has 5 nitrogen and oxygen atoms in total. The molecule has 0 radical (unpaired) electrons. The molecule has 0 saturated carbocycles. The normalized spacial score (nSPS) is 16.6. The highest BCUT2D eigenvalue weighted by Gasteiger charge is 2.42. The van der Waals surface area contributed by atoms with Crippen molar-refractivity contribution in [3.63, 3.8) is 0 Å². The summed E-state index contributed by atoms with van der Waals surface area (Å²) >= 11 is 1.49. The Balaban J connectivity index is 1.53. The van der Waals surface area contributed by atoms with Crippen LogP contribution in [0.15, 0.2) is 72.0 Å². The molecule has 3 aromatic rings. The third-order valence-electron chi connectivity index (χ3n) is 5.45. The van der Waals surface area contributed by atoms with E-state index >= 15 is 0 Å². The van der Waals surface area contributed by atoms with Crippen molar-refractivity contribution < 1.29 is 9.59 Å². The van der Waals surface area contributed by atoms with Crippen LogP contribution in [-0.2, 0) is 29.1 Å². The second-order valence-electron chi connectivity index (χ2n) is 7.19. The third-order valence-corrected chi connectivity index (χ3v) is 6.34. The van der Waals surface area contributed by atoms with Crippen LogP contribution in [0, 0.1) is 0 Å². The van der Waals surface area contributed by atoms with E-state index in [4.69, 9.17) is 0 Å². The number of imide groups is 1. The lowest BCUT2D eigenvalue weighted by Crippen LogP contribution is -2.37. The number of thiophene rings is 1. The standard InChI is InChI=1S/C23H19N3O2S/c27-22-20(19-6-3-13-29-19)21(23(28)26(22)14-16-7-10-24-11-8-16)25-12-9-17-4-1-2-5-18(17)15-25/h1-8,10-11,13H,9,12,14-15H2. The molecule has 2 amide bonds. The molecule has 0 bridgehead atoms. The molecule has 2 aliphatic heterocycles. The van der Waals surface area contributed by atoms with E-state index in [1.807, 2.05) is 41.8 Å². The molecule has 0 aliphatic carbocycles. The summed E-state index contributed by atoms with van der Waals surface area (Å²) in [4.78, 5) is 35.1. The molecule has 1 aromatic carbocycles. The van der Waals surface area contributed by atoms with Crippen molar-refractivity contribution in [1.29, 1.82) is 0 Å². The second-order valence-corrected chi connectivity index (χ2v) is 8.14. The second kappa shape index (κ2) is 7.29. The Morgan fingerprint density at radius 1 is 0.931 bits per heavy atom. The summed E-state index contributed by atoms with van der Waals surface area (Å²) in [5.41, 5.74) is 4.47. The van der Waals surface area contributed by atoms with Gasteiger partial charge >= 0.3 is 0 Å². The number of nitrogens with zero attached hydrogens (tertiary/aromatic N) is 3. The molecule has 29 heavy (non-hydrogen) atoms. The van der Waals surface area contributed by atoms with E-state index in [0.29, 0.717) is 17.8 Å². The van der Waals surface area contributed by atoms with Gasteiger partial charge < -0.3 is 4.90 Å².